The number of ether oxygens (including phenoxy) is 1. The van der Waals surface area contributed by atoms with E-state index in [9.17, 15) is 14.7 Å². The van der Waals surface area contributed by atoms with Gasteiger partial charge in [-0.3, -0.25) is 9.59 Å². The quantitative estimate of drug-likeness (QED) is 0.620. The standard InChI is InChI=1S/C12H14O4/c1-3-16-11(15)12(2,10(13)14)9-7-5-4-6-8-9/h4-8H,3H2,1-2H3,(H,13,14)/t12-/m1/s1. The molecule has 1 N–H and O–H groups in total. The average Bonchev–Trinajstić information content (AvgIpc) is 2.29. The van der Waals surface area contributed by atoms with Crippen LogP contribution in [0.1, 0.15) is 19.4 Å². The highest BCUT2D eigenvalue weighted by molar-refractivity contribution is 6.05. The molecule has 0 fully saturated rings. The van der Waals surface area contributed by atoms with Gasteiger partial charge in [-0.25, -0.2) is 0 Å². The largest absolute Gasteiger partial charge is 0.480 e. The van der Waals surface area contributed by atoms with Gasteiger partial charge in [0.1, 0.15) is 0 Å². The van der Waals surface area contributed by atoms with Crippen molar-refractivity contribution in [2.24, 2.45) is 0 Å². The topological polar surface area (TPSA) is 63.6 Å². The number of aliphatic carboxylic acids is 1. The molecule has 0 saturated carbocycles. The van der Waals surface area contributed by atoms with Crippen LogP contribution < -0.4 is 0 Å². The number of hydrogen-bond acceptors (Lipinski definition) is 3. The smallest absolute Gasteiger partial charge is 0.327 e. The Bertz CT molecular complexity index is 385. The van der Waals surface area contributed by atoms with Crippen molar-refractivity contribution in [2.45, 2.75) is 19.3 Å². The lowest BCUT2D eigenvalue weighted by atomic mass is 9.82. The van der Waals surface area contributed by atoms with Crippen molar-refractivity contribution < 1.29 is 19.4 Å². The van der Waals surface area contributed by atoms with Gasteiger partial charge in [0.15, 0.2) is 5.41 Å². The van der Waals surface area contributed by atoms with E-state index in [1.165, 1.54) is 6.92 Å². The van der Waals surface area contributed by atoms with Gasteiger partial charge in [0, 0.05) is 0 Å². The maximum absolute atomic E-state index is 11.7. The van der Waals surface area contributed by atoms with Crippen molar-refractivity contribution in [1.82, 2.24) is 0 Å². The van der Waals surface area contributed by atoms with E-state index in [2.05, 4.69) is 0 Å². The maximum Gasteiger partial charge on any atom is 0.327 e. The summed E-state index contributed by atoms with van der Waals surface area (Å²) in [4.78, 5) is 22.9. The minimum absolute atomic E-state index is 0.161. The van der Waals surface area contributed by atoms with Crippen molar-refractivity contribution in [1.29, 1.82) is 0 Å². The van der Waals surface area contributed by atoms with Crippen LogP contribution >= 0.6 is 0 Å². The molecular weight excluding hydrogens is 208 g/mol. The Labute approximate surface area is 93.9 Å². The first-order valence-electron chi connectivity index (χ1n) is 4.99. The summed E-state index contributed by atoms with van der Waals surface area (Å²) >= 11 is 0. The van der Waals surface area contributed by atoms with E-state index < -0.39 is 17.4 Å². The summed E-state index contributed by atoms with van der Waals surface area (Å²) in [5.41, 5.74) is -1.22. The number of carboxylic acids is 1. The molecule has 86 valence electrons. The molecule has 4 heteroatoms. The zero-order valence-electron chi connectivity index (χ0n) is 9.27. The summed E-state index contributed by atoms with van der Waals surface area (Å²) < 4.78 is 4.80. The van der Waals surface area contributed by atoms with Crippen LogP contribution in [0.3, 0.4) is 0 Å². The van der Waals surface area contributed by atoms with Crippen LogP contribution in [0.15, 0.2) is 30.3 Å². The van der Waals surface area contributed by atoms with Crippen molar-refractivity contribution in [3.05, 3.63) is 35.9 Å². The van der Waals surface area contributed by atoms with Gasteiger partial charge < -0.3 is 9.84 Å². The van der Waals surface area contributed by atoms with Crippen LogP contribution in [0.4, 0.5) is 0 Å². The SMILES string of the molecule is CCOC(=O)[C@@](C)(C(=O)O)c1ccccc1. The molecule has 0 amide bonds. The molecule has 0 aliphatic heterocycles. The van der Waals surface area contributed by atoms with Gasteiger partial charge in [-0.2, -0.15) is 0 Å². The van der Waals surface area contributed by atoms with Crippen LogP contribution in [0.5, 0.6) is 0 Å². The van der Waals surface area contributed by atoms with Gasteiger partial charge in [-0.1, -0.05) is 30.3 Å². The van der Waals surface area contributed by atoms with Gasteiger partial charge >= 0.3 is 11.9 Å². The average molecular weight is 222 g/mol. The molecule has 0 unspecified atom stereocenters. The van der Waals surface area contributed by atoms with Gasteiger partial charge in [0.2, 0.25) is 0 Å². The van der Waals surface area contributed by atoms with Crippen molar-refractivity contribution in [3.8, 4) is 0 Å². The molecule has 0 aromatic heterocycles. The zero-order valence-corrected chi connectivity index (χ0v) is 9.27. The fraction of sp³-hybridized carbons (Fsp3) is 0.333. The Morgan fingerprint density at radius 2 is 1.88 bits per heavy atom. The monoisotopic (exact) mass is 222 g/mol. The zero-order chi connectivity index (χ0) is 12.2. The van der Waals surface area contributed by atoms with Gasteiger partial charge in [0.05, 0.1) is 6.61 Å². The van der Waals surface area contributed by atoms with Crippen LogP contribution in [0.2, 0.25) is 0 Å². The lowest BCUT2D eigenvalue weighted by molar-refractivity contribution is -0.160. The molecule has 0 aliphatic rings. The first kappa shape index (κ1) is 12.2. The van der Waals surface area contributed by atoms with Crippen molar-refractivity contribution in [2.75, 3.05) is 6.61 Å². The molecule has 0 saturated heterocycles. The van der Waals surface area contributed by atoms with Crippen LogP contribution in [0, 0.1) is 0 Å². The Kier molecular flexibility index (Phi) is 3.66. The third kappa shape index (κ3) is 2.05. The number of esters is 1. The molecule has 4 nitrogen and oxygen atoms in total. The molecule has 0 radical (unpaired) electrons. The molecule has 0 bridgehead atoms. The number of hydrogen-bond donors (Lipinski definition) is 1. The highest BCUT2D eigenvalue weighted by Crippen LogP contribution is 2.25. The maximum atomic E-state index is 11.7. The lowest BCUT2D eigenvalue weighted by Gasteiger charge is -2.22. The first-order valence-corrected chi connectivity index (χ1v) is 4.99. The summed E-state index contributed by atoms with van der Waals surface area (Å²) in [7, 11) is 0. The van der Waals surface area contributed by atoms with E-state index in [1.807, 2.05) is 0 Å². The Hall–Kier alpha value is -1.84. The molecule has 1 atom stereocenters. The number of carboxylic acid groups (broad SMARTS) is 1. The third-order valence-corrected chi connectivity index (χ3v) is 2.46. The normalized spacial score (nSPS) is 13.9. The van der Waals surface area contributed by atoms with Crippen LogP contribution in [-0.2, 0) is 19.7 Å². The van der Waals surface area contributed by atoms with Gasteiger partial charge in [-0.05, 0) is 19.4 Å². The number of carbonyl (C=O) groups excluding carboxylic acids is 1. The molecule has 1 aromatic carbocycles. The summed E-state index contributed by atoms with van der Waals surface area (Å²) in [6.07, 6.45) is 0. The molecule has 0 heterocycles. The van der Waals surface area contributed by atoms with E-state index in [4.69, 9.17) is 4.74 Å². The second-order valence-electron chi connectivity index (χ2n) is 3.52. The Morgan fingerprint density at radius 3 is 2.31 bits per heavy atom. The Balaban J connectivity index is 3.17. The molecule has 16 heavy (non-hydrogen) atoms. The van der Waals surface area contributed by atoms with Crippen molar-refractivity contribution in [3.63, 3.8) is 0 Å². The van der Waals surface area contributed by atoms with E-state index in [1.54, 1.807) is 37.3 Å². The summed E-state index contributed by atoms with van der Waals surface area (Å²) in [6.45, 7) is 3.16. The summed E-state index contributed by atoms with van der Waals surface area (Å²) in [5.74, 6) is -1.95. The predicted molar refractivity (Wildman–Crippen MR) is 58.1 cm³/mol. The number of carbonyl (C=O) groups is 2. The second kappa shape index (κ2) is 4.79. The predicted octanol–water partition coefficient (Wildman–Crippen LogP) is 1.59. The van der Waals surface area contributed by atoms with E-state index in [-0.39, 0.29) is 6.61 Å². The number of benzene rings is 1. The van der Waals surface area contributed by atoms with E-state index in [0.717, 1.165) is 0 Å². The summed E-state index contributed by atoms with van der Waals surface area (Å²) in [5, 5.41) is 9.18. The van der Waals surface area contributed by atoms with Gasteiger partial charge in [0.25, 0.3) is 0 Å². The molecule has 0 aliphatic carbocycles. The fourth-order valence-electron chi connectivity index (χ4n) is 1.38. The summed E-state index contributed by atoms with van der Waals surface area (Å²) in [6, 6.07) is 8.35. The minimum atomic E-state index is -1.64. The van der Waals surface area contributed by atoms with E-state index in [0.29, 0.717) is 5.56 Å². The third-order valence-electron chi connectivity index (χ3n) is 2.46. The van der Waals surface area contributed by atoms with Crippen LogP contribution in [0.25, 0.3) is 0 Å². The molecule has 0 spiro atoms. The van der Waals surface area contributed by atoms with E-state index >= 15 is 0 Å². The molecule has 1 rings (SSSR count). The lowest BCUT2D eigenvalue weighted by Crippen LogP contribution is -2.42. The van der Waals surface area contributed by atoms with Crippen molar-refractivity contribution >= 4 is 11.9 Å². The van der Waals surface area contributed by atoms with Gasteiger partial charge in [-0.15, -0.1) is 0 Å². The minimum Gasteiger partial charge on any atom is -0.480 e. The van der Waals surface area contributed by atoms with Crippen LogP contribution in [-0.4, -0.2) is 23.7 Å². The highest BCUT2D eigenvalue weighted by Gasteiger charge is 2.44. The number of rotatable bonds is 4. The highest BCUT2D eigenvalue weighted by atomic mass is 16.5. The fourth-order valence-corrected chi connectivity index (χ4v) is 1.38. The first-order chi connectivity index (χ1) is 7.53. The Morgan fingerprint density at radius 1 is 1.31 bits per heavy atom. The molecular formula is C12H14O4. The second-order valence-corrected chi connectivity index (χ2v) is 3.52. The molecule has 1 aromatic rings.